The van der Waals surface area contributed by atoms with Crippen molar-refractivity contribution in [1.82, 2.24) is 19.4 Å². The lowest BCUT2D eigenvalue weighted by atomic mass is 9.94. The van der Waals surface area contributed by atoms with Crippen LogP contribution in [0.4, 0.5) is 0 Å². The molecule has 2 aromatic rings. The number of primary amides is 1. The highest BCUT2D eigenvalue weighted by Gasteiger charge is 2.23. The molecule has 1 amide bonds. The molecule has 0 spiro atoms. The predicted molar refractivity (Wildman–Crippen MR) is 79.0 cm³/mol. The zero-order valence-corrected chi connectivity index (χ0v) is 11.9. The van der Waals surface area contributed by atoms with Crippen LogP contribution in [0.15, 0.2) is 36.9 Å². The minimum absolute atomic E-state index is 0.268. The summed E-state index contributed by atoms with van der Waals surface area (Å²) in [6.07, 6.45) is 7.52. The van der Waals surface area contributed by atoms with Gasteiger partial charge in [0.05, 0.1) is 6.54 Å². The van der Waals surface area contributed by atoms with Crippen LogP contribution < -0.4 is 5.73 Å². The van der Waals surface area contributed by atoms with Gasteiger partial charge in [-0.3, -0.25) is 14.3 Å². The molecule has 6 nitrogen and oxygen atoms in total. The van der Waals surface area contributed by atoms with Crippen molar-refractivity contribution in [3.8, 4) is 5.82 Å². The van der Waals surface area contributed by atoms with Crippen molar-refractivity contribution in [1.29, 1.82) is 0 Å². The normalized spacial score (nSPS) is 19.5. The quantitative estimate of drug-likeness (QED) is 0.906. The highest BCUT2D eigenvalue weighted by Crippen LogP contribution is 2.25. The summed E-state index contributed by atoms with van der Waals surface area (Å²) in [4.78, 5) is 22.0. The highest BCUT2D eigenvalue weighted by molar-refractivity contribution is 5.75. The molecular weight excluding hydrogens is 266 g/mol. The van der Waals surface area contributed by atoms with Crippen molar-refractivity contribution >= 4 is 5.91 Å². The zero-order chi connectivity index (χ0) is 14.7. The van der Waals surface area contributed by atoms with Gasteiger partial charge in [-0.1, -0.05) is 6.07 Å². The third kappa shape index (κ3) is 3.28. The van der Waals surface area contributed by atoms with Gasteiger partial charge in [0.2, 0.25) is 5.91 Å². The number of carbonyl (C=O) groups excluding carboxylic acids is 1. The molecule has 2 aromatic heterocycles. The van der Waals surface area contributed by atoms with Crippen molar-refractivity contribution in [3.05, 3.63) is 42.6 Å². The lowest BCUT2D eigenvalue weighted by Gasteiger charge is -2.31. The van der Waals surface area contributed by atoms with Crippen molar-refractivity contribution in [2.75, 3.05) is 19.6 Å². The number of rotatable bonds is 4. The Kier molecular flexibility index (Phi) is 3.96. The maximum atomic E-state index is 11.1. The van der Waals surface area contributed by atoms with E-state index in [1.54, 1.807) is 12.5 Å². The van der Waals surface area contributed by atoms with Crippen LogP contribution in [0.3, 0.4) is 0 Å². The minimum Gasteiger partial charge on any atom is -0.369 e. The number of nitrogens with two attached hydrogens (primary N) is 1. The lowest BCUT2D eigenvalue weighted by molar-refractivity contribution is -0.119. The van der Waals surface area contributed by atoms with Crippen LogP contribution in [0.5, 0.6) is 0 Å². The number of amides is 1. The molecule has 1 aliphatic heterocycles. The molecule has 1 fully saturated rings. The topological polar surface area (TPSA) is 77.0 Å². The first-order valence-electron chi connectivity index (χ1n) is 7.18. The summed E-state index contributed by atoms with van der Waals surface area (Å²) in [6, 6.07) is 6.04. The van der Waals surface area contributed by atoms with Crippen LogP contribution in [-0.4, -0.2) is 45.0 Å². The molecule has 0 unspecified atom stereocenters. The van der Waals surface area contributed by atoms with E-state index in [1.165, 1.54) is 0 Å². The maximum absolute atomic E-state index is 11.1. The SMILES string of the molecule is NC(=O)CN1CCC[C@@H](c2cccc(-n3ccnc3)n2)C1. The van der Waals surface area contributed by atoms with Crippen LogP contribution in [-0.2, 0) is 4.79 Å². The molecule has 0 radical (unpaired) electrons. The third-order valence-corrected chi connectivity index (χ3v) is 3.83. The molecule has 3 rings (SSSR count). The van der Waals surface area contributed by atoms with Crippen molar-refractivity contribution in [2.45, 2.75) is 18.8 Å². The van der Waals surface area contributed by atoms with Crippen molar-refractivity contribution < 1.29 is 4.79 Å². The predicted octanol–water partition coefficient (Wildman–Crippen LogP) is 0.932. The third-order valence-electron chi connectivity index (χ3n) is 3.83. The Hall–Kier alpha value is -2.21. The summed E-state index contributed by atoms with van der Waals surface area (Å²) in [7, 11) is 0. The lowest BCUT2D eigenvalue weighted by Crippen LogP contribution is -2.40. The number of aromatic nitrogens is 3. The van der Waals surface area contributed by atoms with Gasteiger partial charge in [-0.05, 0) is 31.5 Å². The fraction of sp³-hybridized carbons (Fsp3) is 0.400. The first-order valence-corrected chi connectivity index (χ1v) is 7.18. The fourth-order valence-corrected chi connectivity index (χ4v) is 2.87. The Morgan fingerprint density at radius 1 is 1.43 bits per heavy atom. The molecule has 0 saturated carbocycles. The van der Waals surface area contributed by atoms with Crippen LogP contribution in [0.1, 0.15) is 24.5 Å². The van der Waals surface area contributed by atoms with Gasteiger partial charge >= 0.3 is 0 Å². The number of piperidine rings is 1. The van der Waals surface area contributed by atoms with Crippen LogP contribution >= 0.6 is 0 Å². The number of pyridine rings is 1. The van der Waals surface area contributed by atoms with Crippen molar-refractivity contribution in [2.24, 2.45) is 5.73 Å². The second-order valence-corrected chi connectivity index (χ2v) is 5.43. The van der Waals surface area contributed by atoms with Gasteiger partial charge < -0.3 is 5.73 Å². The van der Waals surface area contributed by atoms with E-state index in [-0.39, 0.29) is 5.91 Å². The average Bonchev–Trinajstić information content (AvgIpc) is 3.01. The minimum atomic E-state index is -0.268. The summed E-state index contributed by atoms with van der Waals surface area (Å²) in [5, 5.41) is 0. The van der Waals surface area contributed by atoms with E-state index in [1.807, 2.05) is 22.9 Å². The number of likely N-dealkylation sites (tertiary alicyclic amines) is 1. The van der Waals surface area contributed by atoms with Gasteiger partial charge in [0.15, 0.2) is 0 Å². The average molecular weight is 285 g/mol. The molecule has 6 heteroatoms. The molecule has 0 aromatic carbocycles. The Morgan fingerprint density at radius 2 is 2.33 bits per heavy atom. The smallest absolute Gasteiger partial charge is 0.231 e. The molecule has 1 atom stereocenters. The molecule has 3 heterocycles. The van der Waals surface area contributed by atoms with Crippen LogP contribution in [0, 0.1) is 0 Å². The zero-order valence-electron chi connectivity index (χ0n) is 11.9. The molecule has 1 saturated heterocycles. The fourth-order valence-electron chi connectivity index (χ4n) is 2.87. The summed E-state index contributed by atoms with van der Waals surface area (Å²) in [5.74, 6) is 0.953. The first kappa shape index (κ1) is 13.8. The van der Waals surface area contributed by atoms with E-state index in [9.17, 15) is 4.79 Å². The summed E-state index contributed by atoms with van der Waals surface area (Å²) < 4.78 is 1.90. The number of nitrogens with zero attached hydrogens (tertiary/aromatic N) is 4. The Morgan fingerprint density at radius 3 is 3.10 bits per heavy atom. The van der Waals surface area contributed by atoms with Gasteiger partial charge in [-0.2, -0.15) is 0 Å². The van der Waals surface area contributed by atoms with E-state index in [2.05, 4.69) is 16.0 Å². The van der Waals surface area contributed by atoms with Gasteiger partial charge in [-0.15, -0.1) is 0 Å². The van der Waals surface area contributed by atoms with Gasteiger partial charge in [0.25, 0.3) is 0 Å². The Bertz CT molecular complexity index is 610. The molecule has 21 heavy (non-hydrogen) atoms. The maximum Gasteiger partial charge on any atom is 0.231 e. The summed E-state index contributed by atoms with van der Waals surface area (Å²) >= 11 is 0. The summed E-state index contributed by atoms with van der Waals surface area (Å²) in [6.45, 7) is 2.10. The number of imidazole rings is 1. The molecule has 110 valence electrons. The van der Waals surface area contributed by atoms with E-state index in [0.717, 1.165) is 37.4 Å². The van der Waals surface area contributed by atoms with E-state index in [0.29, 0.717) is 12.5 Å². The number of hydrogen-bond donors (Lipinski definition) is 1. The molecule has 2 N–H and O–H groups in total. The number of carbonyl (C=O) groups is 1. The van der Waals surface area contributed by atoms with Crippen LogP contribution in [0.2, 0.25) is 0 Å². The molecular formula is C15H19N5O. The van der Waals surface area contributed by atoms with E-state index >= 15 is 0 Å². The highest BCUT2D eigenvalue weighted by atomic mass is 16.1. The first-order chi connectivity index (χ1) is 10.2. The van der Waals surface area contributed by atoms with Crippen molar-refractivity contribution in [3.63, 3.8) is 0 Å². The van der Waals surface area contributed by atoms with E-state index < -0.39 is 0 Å². The summed E-state index contributed by atoms with van der Waals surface area (Å²) in [5.41, 5.74) is 6.35. The van der Waals surface area contributed by atoms with Gasteiger partial charge in [-0.25, -0.2) is 9.97 Å². The molecule has 0 bridgehead atoms. The standard InChI is InChI=1S/C15H19N5O/c16-14(21)10-19-7-2-3-12(9-19)13-4-1-5-15(18-13)20-8-6-17-11-20/h1,4-6,8,11-12H,2-3,7,9-10H2,(H2,16,21)/t12-/m1/s1. The van der Waals surface area contributed by atoms with E-state index in [4.69, 9.17) is 10.7 Å². The van der Waals surface area contributed by atoms with Gasteiger partial charge in [0, 0.05) is 30.6 Å². The molecule has 0 aliphatic carbocycles. The monoisotopic (exact) mass is 285 g/mol. The second-order valence-electron chi connectivity index (χ2n) is 5.43. The Balaban J connectivity index is 1.77. The second kappa shape index (κ2) is 6.05. The largest absolute Gasteiger partial charge is 0.369 e. The Labute approximate surface area is 123 Å². The number of hydrogen-bond acceptors (Lipinski definition) is 4. The van der Waals surface area contributed by atoms with Gasteiger partial charge in [0.1, 0.15) is 12.1 Å². The molecule has 1 aliphatic rings. The van der Waals surface area contributed by atoms with Crippen LogP contribution in [0.25, 0.3) is 5.82 Å².